The van der Waals surface area contributed by atoms with E-state index in [0.29, 0.717) is 19.3 Å². The van der Waals surface area contributed by atoms with Gasteiger partial charge >= 0.3 is 6.18 Å². The van der Waals surface area contributed by atoms with E-state index in [4.69, 9.17) is 5.73 Å². The van der Waals surface area contributed by atoms with Crippen LogP contribution in [0.1, 0.15) is 38.5 Å². The Morgan fingerprint density at radius 2 is 1.23 bits per heavy atom. The van der Waals surface area contributed by atoms with Crippen molar-refractivity contribution in [3.05, 3.63) is 0 Å². The summed E-state index contributed by atoms with van der Waals surface area (Å²) >= 11 is 0. The maximum Gasteiger partial charge on any atom is 0.394 e. The molecular weight excluding hydrogens is 179 g/mol. The molecule has 0 aromatic heterocycles. The molecule has 3 saturated carbocycles. The van der Waals surface area contributed by atoms with E-state index < -0.39 is 11.6 Å². The highest BCUT2D eigenvalue weighted by Crippen LogP contribution is 2.58. The summed E-state index contributed by atoms with van der Waals surface area (Å²) in [7, 11) is 0. The second-order valence-electron chi connectivity index (χ2n) is 4.64. The number of fused-ring (bicyclic) bond motifs is 3. The van der Waals surface area contributed by atoms with Gasteiger partial charge in [-0.25, -0.2) is 0 Å². The summed E-state index contributed by atoms with van der Waals surface area (Å²) < 4.78 is 38.1. The molecule has 2 N–H and O–H groups in total. The summed E-state index contributed by atoms with van der Waals surface area (Å²) in [6.07, 6.45) is -1.65. The van der Waals surface area contributed by atoms with Crippen LogP contribution in [0.5, 0.6) is 0 Å². The molecule has 0 aliphatic heterocycles. The van der Waals surface area contributed by atoms with Gasteiger partial charge in [0.15, 0.2) is 0 Å². The molecule has 0 aromatic rings. The summed E-state index contributed by atoms with van der Waals surface area (Å²) in [6, 6.07) is 0. The first-order chi connectivity index (χ1) is 5.87. The monoisotopic (exact) mass is 193 g/mol. The van der Waals surface area contributed by atoms with Crippen molar-refractivity contribution in [2.24, 2.45) is 11.1 Å². The molecule has 0 saturated heterocycles. The largest absolute Gasteiger partial charge is 0.394 e. The number of halogens is 3. The molecule has 0 aromatic carbocycles. The highest BCUT2D eigenvalue weighted by molar-refractivity contribution is 5.05. The van der Waals surface area contributed by atoms with Crippen LogP contribution in [0.25, 0.3) is 0 Å². The molecule has 3 rings (SSSR count). The van der Waals surface area contributed by atoms with Gasteiger partial charge in [-0.15, -0.1) is 0 Å². The Morgan fingerprint density at radius 3 is 1.54 bits per heavy atom. The van der Waals surface area contributed by atoms with Crippen molar-refractivity contribution in [2.75, 3.05) is 0 Å². The van der Waals surface area contributed by atoms with Crippen LogP contribution in [0.15, 0.2) is 0 Å². The summed E-state index contributed by atoms with van der Waals surface area (Å²) in [5, 5.41) is 0. The summed E-state index contributed by atoms with van der Waals surface area (Å²) in [5.74, 6) is 0. The molecule has 4 heteroatoms. The summed E-state index contributed by atoms with van der Waals surface area (Å²) in [4.78, 5) is 0. The van der Waals surface area contributed by atoms with E-state index >= 15 is 0 Å². The molecule has 3 aliphatic carbocycles. The Kier molecular flexibility index (Phi) is 1.72. The van der Waals surface area contributed by atoms with Gasteiger partial charge in [0, 0.05) is 5.54 Å². The highest BCUT2D eigenvalue weighted by atomic mass is 19.4. The van der Waals surface area contributed by atoms with Crippen LogP contribution < -0.4 is 5.73 Å². The SMILES string of the molecule is NC12CCC(C(F)(F)F)(CC1)CC2. The third kappa shape index (κ3) is 1.26. The molecular formula is C9H14F3N. The lowest BCUT2D eigenvalue weighted by Gasteiger charge is -2.52. The first-order valence-electron chi connectivity index (χ1n) is 4.73. The second kappa shape index (κ2) is 2.41. The molecule has 3 aliphatic rings. The van der Waals surface area contributed by atoms with E-state index in [-0.39, 0.29) is 24.8 Å². The van der Waals surface area contributed by atoms with E-state index in [1.54, 1.807) is 0 Å². The maximum absolute atomic E-state index is 12.7. The molecule has 1 nitrogen and oxygen atoms in total. The first-order valence-corrected chi connectivity index (χ1v) is 4.73. The quantitative estimate of drug-likeness (QED) is 0.628. The fraction of sp³-hybridized carbons (Fsp3) is 1.00. The van der Waals surface area contributed by atoms with E-state index in [2.05, 4.69) is 0 Å². The predicted octanol–water partition coefficient (Wildman–Crippen LogP) is 2.60. The van der Waals surface area contributed by atoms with Crippen LogP contribution in [-0.2, 0) is 0 Å². The van der Waals surface area contributed by atoms with Crippen LogP contribution in [0.4, 0.5) is 13.2 Å². The fourth-order valence-electron chi connectivity index (χ4n) is 2.64. The van der Waals surface area contributed by atoms with Crippen molar-refractivity contribution in [2.45, 2.75) is 50.2 Å². The van der Waals surface area contributed by atoms with E-state index in [9.17, 15) is 13.2 Å². The Bertz CT molecular complexity index is 197. The molecule has 2 bridgehead atoms. The number of rotatable bonds is 0. The molecule has 76 valence electrons. The third-order valence-electron chi connectivity index (χ3n) is 3.91. The molecule has 0 spiro atoms. The molecule has 0 heterocycles. The van der Waals surface area contributed by atoms with E-state index in [1.807, 2.05) is 0 Å². The maximum atomic E-state index is 12.7. The molecule has 0 radical (unpaired) electrons. The van der Waals surface area contributed by atoms with Crippen molar-refractivity contribution in [1.29, 1.82) is 0 Å². The van der Waals surface area contributed by atoms with Gasteiger partial charge in [0.05, 0.1) is 5.41 Å². The highest BCUT2D eigenvalue weighted by Gasteiger charge is 2.60. The van der Waals surface area contributed by atoms with Crippen LogP contribution in [0.3, 0.4) is 0 Å². The minimum atomic E-state index is -4.02. The zero-order valence-electron chi connectivity index (χ0n) is 7.45. The summed E-state index contributed by atoms with van der Waals surface area (Å²) in [6.45, 7) is 0. The van der Waals surface area contributed by atoms with Gasteiger partial charge in [-0.05, 0) is 38.5 Å². The van der Waals surface area contributed by atoms with Crippen molar-refractivity contribution < 1.29 is 13.2 Å². The standard InChI is InChI=1S/C9H14F3N/c10-9(11,12)7-1-4-8(13,5-2-7)6-3-7/h1-6,13H2. The third-order valence-corrected chi connectivity index (χ3v) is 3.91. The van der Waals surface area contributed by atoms with Crippen molar-refractivity contribution >= 4 is 0 Å². The van der Waals surface area contributed by atoms with Gasteiger partial charge in [0.25, 0.3) is 0 Å². The van der Waals surface area contributed by atoms with Crippen molar-refractivity contribution in [3.63, 3.8) is 0 Å². The second-order valence-corrected chi connectivity index (χ2v) is 4.64. The molecule has 0 unspecified atom stereocenters. The van der Waals surface area contributed by atoms with Crippen molar-refractivity contribution in [3.8, 4) is 0 Å². The number of hydrogen-bond donors (Lipinski definition) is 1. The Morgan fingerprint density at radius 1 is 0.846 bits per heavy atom. The van der Waals surface area contributed by atoms with E-state index in [1.165, 1.54) is 0 Å². The Labute approximate surface area is 75.5 Å². The molecule has 0 amide bonds. The molecule has 3 fully saturated rings. The normalized spacial score (nSPS) is 45.2. The predicted molar refractivity (Wildman–Crippen MR) is 43.1 cm³/mol. The zero-order valence-corrected chi connectivity index (χ0v) is 7.45. The average molecular weight is 193 g/mol. The van der Waals surface area contributed by atoms with Crippen LogP contribution in [0.2, 0.25) is 0 Å². The summed E-state index contributed by atoms with van der Waals surface area (Å²) in [5.41, 5.74) is 4.28. The van der Waals surface area contributed by atoms with Gasteiger partial charge in [-0.3, -0.25) is 0 Å². The van der Waals surface area contributed by atoms with Crippen LogP contribution in [0, 0.1) is 5.41 Å². The zero-order chi connectivity index (χ0) is 9.74. The Hall–Kier alpha value is -0.250. The topological polar surface area (TPSA) is 26.0 Å². The minimum absolute atomic E-state index is 0.243. The van der Waals surface area contributed by atoms with Gasteiger partial charge in [-0.2, -0.15) is 13.2 Å². The van der Waals surface area contributed by atoms with Crippen LogP contribution in [-0.4, -0.2) is 11.7 Å². The molecule has 0 atom stereocenters. The molecule has 13 heavy (non-hydrogen) atoms. The lowest BCUT2D eigenvalue weighted by molar-refractivity contribution is -0.252. The number of alkyl halides is 3. The lowest BCUT2D eigenvalue weighted by Crippen LogP contribution is -2.56. The van der Waals surface area contributed by atoms with Gasteiger partial charge in [-0.1, -0.05) is 0 Å². The van der Waals surface area contributed by atoms with Gasteiger partial charge in [0.1, 0.15) is 0 Å². The van der Waals surface area contributed by atoms with Crippen molar-refractivity contribution in [1.82, 2.24) is 0 Å². The fourth-order valence-corrected chi connectivity index (χ4v) is 2.64. The first kappa shape index (κ1) is 9.31. The number of hydrogen-bond acceptors (Lipinski definition) is 1. The van der Waals surface area contributed by atoms with Gasteiger partial charge < -0.3 is 5.73 Å². The number of nitrogens with two attached hydrogens (primary N) is 1. The lowest BCUT2D eigenvalue weighted by atomic mass is 9.57. The van der Waals surface area contributed by atoms with Gasteiger partial charge in [0.2, 0.25) is 0 Å². The minimum Gasteiger partial charge on any atom is -0.325 e. The smallest absolute Gasteiger partial charge is 0.325 e. The van der Waals surface area contributed by atoms with E-state index in [0.717, 1.165) is 0 Å². The average Bonchev–Trinajstić information content (AvgIpc) is 2.04. The van der Waals surface area contributed by atoms with Crippen LogP contribution >= 0.6 is 0 Å². The Balaban J connectivity index is 2.20.